The highest BCUT2D eigenvalue weighted by atomic mass is 15.2. The zero-order chi connectivity index (χ0) is 27.7. The van der Waals surface area contributed by atoms with E-state index in [9.17, 15) is 0 Å². The van der Waals surface area contributed by atoms with Gasteiger partial charge in [-0.25, -0.2) is 0 Å². The zero-order valence-electron chi connectivity index (χ0n) is 25.4. The van der Waals surface area contributed by atoms with Crippen LogP contribution in [0.2, 0.25) is 0 Å². The molecule has 0 spiro atoms. The van der Waals surface area contributed by atoms with Crippen LogP contribution in [0, 0.1) is 28.6 Å². The number of likely N-dealkylation sites (N-methyl/N-ethyl adjacent to an activating group) is 1. The monoisotopic (exact) mass is 540 g/mol. The second-order valence-corrected chi connectivity index (χ2v) is 14.0. The number of hydrogen-bond donors (Lipinski definition) is 1. The molecule has 2 heterocycles. The summed E-state index contributed by atoms with van der Waals surface area (Å²) in [7, 11) is 2.19. The maximum Gasteiger partial charge on any atom is 0.0538 e. The van der Waals surface area contributed by atoms with E-state index in [0.717, 1.165) is 37.4 Å². The van der Waals surface area contributed by atoms with Crippen molar-refractivity contribution in [2.75, 3.05) is 39.8 Å². The molecule has 1 aromatic heterocycles. The molecule has 5 atom stereocenters. The van der Waals surface area contributed by atoms with Crippen LogP contribution in [-0.4, -0.2) is 54.6 Å². The van der Waals surface area contributed by atoms with Gasteiger partial charge in [-0.15, -0.1) is 0 Å². The third-order valence-electron chi connectivity index (χ3n) is 11.9. The maximum atomic E-state index is 4.47. The van der Waals surface area contributed by atoms with Crippen molar-refractivity contribution in [3.05, 3.63) is 71.9 Å². The van der Waals surface area contributed by atoms with E-state index in [0.29, 0.717) is 10.8 Å². The molecule has 1 saturated heterocycles. The van der Waals surface area contributed by atoms with Crippen LogP contribution < -0.4 is 5.32 Å². The molecule has 40 heavy (non-hydrogen) atoms. The first-order valence-corrected chi connectivity index (χ1v) is 16.2. The van der Waals surface area contributed by atoms with Crippen LogP contribution >= 0.6 is 0 Å². The molecule has 1 aliphatic heterocycles. The normalized spacial score (nSPS) is 34.8. The molecule has 1 unspecified atom stereocenters. The van der Waals surface area contributed by atoms with E-state index in [4.69, 9.17) is 0 Å². The van der Waals surface area contributed by atoms with E-state index >= 15 is 0 Å². The second-order valence-electron chi connectivity index (χ2n) is 14.0. The third-order valence-corrected chi connectivity index (χ3v) is 11.9. The summed E-state index contributed by atoms with van der Waals surface area (Å²) >= 11 is 0. The minimum absolute atomic E-state index is 0.299. The lowest BCUT2D eigenvalue weighted by atomic mass is 9.52. The fraction of sp³-hybridized carbons (Fsp3) is 0.639. The molecular formula is C36H52N4. The Labute approximate surface area is 243 Å². The van der Waals surface area contributed by atoms with Crippen molar-refractivity contribution in [3.8, 4) is 0 Å². The SMILES string of the molecule is C=C(CN/C=C1\C=C2CCC3[C@H](CCC[C@]4(C)C(c5cccnc5)=CC[C@@H]34)[C@@]2(C)CC1)N(C)CCN1CCCC1. The van der Waals surface area contributed by atoms with E-state index in [2.05, 4.69) is 84.3 Å². The van der Waals surface area contributed by atoms with Crippen LogP contribution in [0.4, 0.5) is 0 Å². The highest BCUT2D eigenvalue weighted by molar-refractivity contribution is 5.72. The lowest BCUT2D eigenvalue weighted by molar-refractivity contribution is 0.0436. The molecule has 1 aromatic rings. The maximum absolute atomic E-state index is 4.47. The van der Waals surface area contributed by atoms with Crippen LogP contribution in [0.15, 0.2) is 66.3 Å². The van der Waals surface area contributed by atoms with Gasteiger partial charge in [0.05, 0.1) is 6.54 Å². The van der Waals surface area contributed by atoms with Gasteiger partial charge < -0.3 is 15.1 Å². The van der Waals surface area contributed by atoms with E-state index in [1.54, 1.807) is 11.1 Å². The molecule has 4 aliphatic carbocycles. The van der Waals surface area contributed by atoms with Gasteiger partial charge in [0.25, 0.3) is 0 Å². The van der Waals surface area contributed by atoms with Crippen molar-refractivity contribution in [2.24, 2.45) is 28.6 Å². The Hall–Kier alpha value is -2.33. The fourth-order valence-electron chi connectivity index (χ4n) is 9.39. The van der Waals surface area contributed by atoms with Gasteiger partial charge in [0, 0.05) is 38.2 Å². The van der Waals surface area contributed by atoms with Crippen molar-refractivity contribution in [3.63, 3.8) is 0 Å². The van der Waals surface area contributed by atoms with E-state index in [1.807, 2.05) is 6.20 Å². The molecule has 3 fully saturated rings. The van der Waals surface area contributed by atoms with Crippen molar-refractivity contribution in [1.29, 1.82) is 0 Å². The number of likely N-dealkylation sites (tertiary alicyclic amines) is 1. The summed E-state index contributed by atoms with van der Waals surface area (Å²) in [6.07, 6.45) is 24.6. The summed E-state index contributed by atoms with van der Waals surface area (Å²) in [4.78, 5) is 9.38. The highest BCUT2D eigenvalue weighted by Gasteiger charge is 2.55. The molecule has 0 radical (unpaired) electrons. The lowest BCUT2D eigenvalue weighted by Crippen LogP contribution is -2.44. The predicted octanol–water partition coefficient (Wildman–Crippen LogP) is 7.44. The van der Waals surface area contributed by atoms with Gasteiger partial charge in [-0.05, 0) is 128 Å². The predicted molar refractivity (Wildman–Crippen MR) is 167 cm³/mol. The van der Waals surface area contributed by atoms with Gasteiger partial charge in [0.15, 0.2) is 0 Å². The topological polar surface area (TPSA) is 31.4 Å². The van der Waals surface area contributed by atoms with Gasteiger partial charge in [0.1, 0.15) is 0 Å². The number of pyridine rings is 1. The number of nitrogens with zero attached hydrogens (tertiary/aromatic N) is 3. The second kappa shape index (κ2) is 11.5. The van der Waals surface area contributed by atoms with Crippen molar-refractivity contribution < 1.29 is 0 Å². The van der Waals surface area contributed by atoms with Crippen LogP contribution in [0.1, 0.15) is 83.6 Å². The largest absolute Gasteiger partial charge is 0.385 e. The first-order chi connectivity index (χ1) is 19.4. The first-order valence-electron chi connectivity index (χ1n) is 16.2. The number of nitrogens with one attached hydrogen (secondary N) is 1. The third kappa shape index (κ3) is 5.22. The number of hydrogen-bond acceptors (Lipinski definition) is 4. The van der Waals surface area contributed by atoms with Gasteiger partial charge in [0.2, 0.25) is 0 Å². The Morgan fingerprint density at radius 1 is 1.12 bits per heavy atom. The van der Waals surface area contributed by atoms with E-state index < -0.39 is 0 Å². The summed E-state index contributed by atoms with van der Waals surface area (Å²) in [5.41, 5.74) is 8.00. The molecule has 2 saturated carbocycles. The molecule has 1 N–H and O–H groups in total. The summed E-state index contributed by atoms with van der Waals surface area (Å²) in [6.45, 7) is 15.2. The zero-order valence-corrected chi connectivity index (χ0v) is 25.4. The number of fused-ring (bicyclic) bond motifs is 5. The summed E-state index contributed by atoms with van der Waals surface area (Å²) in [5, 5.41) is 3.62. The van der Waals surface area contributed by atoms with Crippen molar-refractivity contribution >= 4 is 5.57 Å². The Bertz CT molecular complexity index is 1160. The van der Waals surface area contributed by atoms with Gasteiger partial charge in [-0.3, -0.25) is 4.98 Å². The van der Waals surface area contributed by atoms with Crippen LogP contribution in [-0.2, 0) is 0 Å². The Morgan fingerprint density at radius 3 is 2.77 bits per heavy atom. The molecule has 4 heteroatoms. The van der Waals surface area contributed by atoms with Crippen LogP contribution in [0.25, 0.3) is 5.57 Å². The Kier molecular flexibility index (Phi) is 8.00. The van der Waals surface area contributed by atoms with Gasteiger partial charge >= 0.3 is 0 Å². The van der Waals surface area contributed by atoms with E-state index in [1.165, 1.54) is 94.1 Å². The van der Waals surface area contributed by atoms with Gasteiger partial charge in [-0.2, -0.15) is 0 Å². The van der Waals surface area contributed by atoms with Crippen molar-refractivity contribution in [1.82, 2.24) is 20.1 Å². The Balaban J connectivity index is 1.09. The lowest BCUT2D eigenvalue weighted by Gasteiger charge is -2.53. The molecular weight excluding hydrogens is 488 g/mol. The average molecular weight is 541 g/mol. The highest BCUT2D eigenvalue weighted by Crippen LogP contribution is 2.65. The first kappa shape index (κ1) is 27.8. The molecule has 5 aliphatic rings. The molecule has 0 aromatic carbocycles. The number of rotatable bonds is 8. The summed E-state index contributed by atoms with van der Waals surface area (Å²) in [5.74, 6) is 2.43. The van der Waals surface area contributed by atoms with E-state index in [-0.39, 0.29) is 0 Å². The fourth-order valence-corrected chi connectivity index (χ4v) is 9.39. The number of aromatic nitrogens is 1. The Morgan fingerprint density at radius 2 is 1.98 bits per heavy atom. The van der Waals surface area contributed by atoms with Crippen LogP contribution in [0.5, 0.6) is 0 Å². The smallest absolute Gasteiger partial charge is 0.0538 e. The molecule has 4 nitrogen and oxygen atoms in total. The molecule has 0 bridgehead atoms. The summed E-state index contributed by atoms with van der Waals surface area (Å²) < 4.78 is 0. The average Bonchev–Trinajstić information content (AvgIpc) is 3.57. The number of allylic oxidation sites excluding steroid dienone is 5. The minimum atomic E-state index is 0.299. The molecule has 216 valence electrons. The minimum Gasteiger partial charge on any atom is -0.385 e. The molecule has 6 rings (SSSR count). The standard InChI is InChI=1S/C36H52N4/c1-27(39(4)21-22-40-19-5-6-20-40)24-38-25-28-15-17-35(2)30(23-28)11-12-31-33(35)10-7-16-36(3)32(13-14-34(31)36)29-9-8-18-37-26-29/h8-9,13,18,23,25-26,31,33-34,38H,1,5-7,10-12,14-17,19-22,24H2,2-4H3/b28-25-/t31?,33-,34-,35-,36+/m0/s1. The quantitative estimate of drug-likeness (QED) is 0.371. The van der Waals surface area contributed by atoms with Crippen molar-refractivity contribution in [2.45, 2.75) is 78.1 Å². The summed E-state index contributed by atoms with van der Waals surface area (Å²) in [6, 6.07) is 4.39. The van der Waals surface area contributed by atoms with Crippen LogP contribution in [0.3, 0.4) is 0 Å². The molecule has 0 amide bonds. The van der Waals surface area contributed by atoms with Gasteiger partial charge in [-0.1, -0.05) is 50.6 Å².